The van der Waals surface area contributed by atoms with Crippen molar-refractivity contribution in [1.82, 2.24) is 16.0 Å². The molecule has 0 aromatic rings. The lowest BCUT2D eigenvalue weighted by atomic mass is 10.1. The van der Waals surface area contributed by atoms with E-state index in [2.05, 4.69) is 20.9 Å². The number of thioether (sulfide) groups is 1. The molecule has 0 aromatic carbocycles. The standard InChI is InChI=1S/C20H40N8O6S/c1-35-10-7-12(22)16(30)28-15(11-29)18(32)26-13(6-4-9-25-20(23)24)17(31)27-14(19(33)34)5-2-3-8-21/h12-15,29H,2-11,21-22H2,1H3,(H,26,32)(H,27,31)(H,28,30)(H,33,34)(H4,23,24,25). The zero-order chi connectivity index (χ0) is 26.8. The number of carbonyl (C=O) groups is 4. The van der Waals surface area contributed by atoms with Gasteiger partial charge in [-0.3, -0.25) is 19.4 Å². The molecular formula is C20H40N8O6S. The van der Waals surface area contributed by atoms with Crippen molar-refractivity contribution in [2.75, 3.05) is 31.7 Å². The van der Waals surface area contributed by atoms with Crippen molar-refractivity contribution in [3.05, 3.63) is 0 Å². The van der Waals surface area contributed by atoms with Gasteiger partial charge in [-0.2, -0.15) is 11.8 Å². The molecule has 15 heteroatoms. The van der Waals surface area contributed by atoms with Crippen molar-refractivity contribution in [1.29, 1.82) is 0 Å². The highest BCUT2D eigenvalue weighted by molar-refractivity contribution is 7.98. The minimum Gasteiger partial charge on any atom is -0.480 e. The summed E-state index contributed by atoms with van der Waals surface area (Å²) in [4.78, 5) is 53.2. The molecule has 0 fully saturated rings. The summed E-state index contributed by atoms with van der Waals surface area (Å²) in [6, 6.07) is -4.55. The number of nitrogens with zero attached hydrogens (tertiary/aromatic N) is 1. The molecule has 4 atom stereocenters. The van der Waals surface area contributed by atoms with Gasteiger partial charge >= 0.3 is 5.97 Å². The molecule has 0 saturated heterocycles. The number of carboxylic acids is 1. The number of rotatable bonds is 19. The van der Waals surface area contributed by atoms with Gasteiger partial charge in [0, 0.05) is 6.54 Å². The van der Waals surface area contributed by atoms with Crippen LogP contribution in [0, 0.1) is 0 Å². The number of aliphatic hydroxyl groups excluding tert-OH is 1. The molecule has 0 saturated carbocycles. The van der Waals surface area contributed by atoms with Crippen molar-refractivity contribution in [3.8, 4) is 0 Å². The van der Waals surface area contributed by atoms with Crippen LogP contribution in [0.25, 0.3) is 0 Å². The van der Waals surface area contributed by atoms with Crippen LogP contribution in [0.3, 0.4) is 0 Å². The van der Waals surface area contributed by atoms with E-state index in [1.807, 2.05) is 6.26 Å². The first-order chi connectivity index (χ1) is 16.6. The molecule has 13 N–H and O–H groups in total. The molecule has 0 aromatic heterocycles. The van der Waals surface area contributed by atoms with Gasteiger partial charge in [0.05, 0.1) is 12.6 Å². The largest absolute Gasteiger partial charge is 0.480 e. The number of aliphatic carboxylic acids is 1. The number of hydrogen-bond acceptors (Lipinski definition) is 9. The number of carbonyl (C=O) groups excluding carboxylic acids is 3. The number of aliphatic hydroxyl groups is 1. The maximum Gasteiger partial charge on any atom is 0.326 e. The van der Waals surface area contributed by atoms with Crippen LogP contribution in [0.1, 0.15) is 38.5 Å². The molecule has 0 aliphatic rings. The van der Waals surface area contributed by atoms with Gasteiger partial charge in [0.25, 0.3) is 0 Å². The third kappa shape index (κ3) is 14.4. The van der Waals surface area contributed by atoms with Crippen LogP contribution >= 0.6 is 11.8 Å². The van der Waals surface area contributed by atoms with Gasteiger partial charge in [0.15, 0.2) is 5.96 Å². The van der Waals surface area contributed by atoms with Gasteiger partial charge in [0.1, 0.15) is 18.1 Å². The Balaban J connectivity index is 5.33. The number of aliphatic imine (C=N–C) groups is 1. The Hall–Kier alpha value is -2.62. The fraction of sp³-hybridized carbons (Fsp3) is 0.750. The maximum absolute atomic E-state index is 12.8. The molecule has 0 heterocycles. The molecular weight excluding hydrogens is 480 g/mol. The Morgan fingerprint density at radius 2 is 1.46 bits per heavy atom. The van der Waals surface area contributed by atoms with Crippen LogP contribution in [-0.2, 0) is 19.2 Å². The first-order valence-electron chi connectivity index (χ1n) is 11.3. The minimum atomic E-state index is -1.35. The first-order valence-corrected chi connectivity index (χ1v) is 12.7. The van der Waals surface area contributed by atoms with Gasteiger partial charge in [-0.1, -0.05) is 0 Å². The second-order valence-corrected chi connectivity index (χ2v) is 8.81. The Labute approximate surface area is 209 Å². The fourth-order valence-corrected chi connectivity index (χ4v) is 3.41. The maximum atomic E-state index is 12.8. The Kier molecular flexibility index (Phi) is 17.3. The van der Waals surface area contributed by atoms with E-state index in [4.69, 9.17) is 22.9 Å². The number of unbranched alkanes of at least 4 members (excludes halogenated alkanes) is 1. The number of amides is 3. The highest BCUT2D eigenvalue weighted by Gasteiger charge is 2.29. The summed E-state index contributed by atoms with van der Waals surface area (Å²) in [5.41, 5.74) is 21.8. The highest BCUT2D eigenvalue weighted by atomic mass is 32.2. The van der Waals surface area contributed by atoms with Crippen LogP contribution in [0.4, 0.5) is 0 Å². The van der Waals surface area contributed by atoms with Crippen LogP contribution in [0.2, 0.25) is 0 Å². The fourth-order valence-electron chi connectivity index (χ4n) is 2.92. The van der Waals surface area contributed by atoms with Gasteiger partial charge < -0.3 is 49.1 Å². The normalized spacial score (nSPS) is 14.2. The second-order valence-electron chi connectivity index (χ2n) is 7.83. The Bertz CT molecular complexity index is 707. The van der Waals surface area contributed by atoms with E-state index in [0.29, 0.717) is 31.6 Å². The van der Waals surface area contributed by atoms with E-state index in [1.165, 1.54) is 11.8 Å². The summed E-state index contributed by atoms with van der Waals surface area (Å²) in [5.74, 6) is -2.90. The first kappa shape index (κ1) is 32.4. The Morgan fingerprint density at radius 1 is 0.886 bits per heavy atom. The highest BCUT2D eigenvalue weighted by Crippen LogP contribution is 2.05. The lowest BCUT2D eigenvalue weighted by molar-refractivity contribution is -0.142. The molecule has 3 amide bonds. The molecule has 4 unspecified atom stereocenters. The average molecular weight is 521 g/mol. The van der Waals surface area contributed by atoms with E-state index in [0.717, 1.165) is 0 Å². The minimum absolute atomic E-state index is 0.0722. The smallest absolute Gasteiger partial charge is 0.326 e. The van der Waals surface area contributed by atoms with Gasteiger partial charge in [-0.05, 0) is 57.1 Å². The lowest BCUT2D eigenvalue weighted by Gasteiger charge is -2.24. The van der Waals surface area contributed by atoms with Gasteiger partial charge in [0.2, 0.25) is 17.7 Å². The number of nitrogens with one attached hydrogen (secondary N) is 3. The summed E-state index contributed by atoms with van der Waals surface area (Å²) < 4.78 is 0. The molecule has 0 aliphatic carbocycles. The van der Waals surface area contributed by atoms with Crippen LogP contribution in [0.15, 0.2) is 4.99 Å². The van der Waals surface area contributed by atoms with Crippen molar-refractivity contribution in [2.24, 2.45) is 27.9 Å². The number of guanidine groups is 1. The van der Waals surface area contributed by atoms with Crippen molar-refractivity contribution in [2.45, 2.75) is 62.7 Å². The molecule has 35 heavy (non-hydrogen) atoms. The van der Waals surface area contributed by atoms with E-state index < -0.39 is 54.5 Å². The zero-order valence-corrected chi connectivity index (χ0v) is 20.9. The SMILES string of the molecule is CSCCC(N)C(=O)NC(CO)C(=O)NC(CCCN=C(N)N)C(=O)NC(CCCCN)C(=O)O. The van der Waals surface area contributed by atoms with Crippen molar-refractivity contribution < 1.29 is 29.4 Å². The van der Waals surface area contributed by atoms with Crippen LogP contribution in [0.5, 0.6) is 0 Å². The molecule has 0 bridgehead atoms. The second kappa shape index (κ2) is 18.7. The third-order valence-electron chi connectivity index (χ3n) is 4.93. The summed E-state index contributed by atoms with van der Waals surface area (Å²) >= 11 is 1.51. The van der Waals surface area contributed by atoms with E-state index in [1.54, 1.807) is 0 Å². The Morgan fingerprint density at radius 3 is 2.00 bits per heavy atom. The molecule has 0 aliphatic heterocycles. The number of nitrogens with two attached hydrogens (primary N) is 4. The number of carboxylic acid groups (broad SMARTS) is 1. The predicted octanol–water partition coefficient (Wildman–Crippen LogP) is -3.22. The van der Waals surface area contributed by atoms with Crippen molar-refractivity contribution >= 4 is 41.4 Å². The summed E-state index contributed by atoms with van der Waals surface area (Å²) in [6.07, 6.45) is 3.85. The summed E-state index contributed by atoms with van der Waals surface area (Å²) in [5, 5.41) is 26.3. The lowest BCUT2D eigenvalue weighted by Crippen LogP contribution is -2.58. The average Bonchev–Trinajstić information content (AvgIpc) is 2.81. The number of hydrogen-bond donors (Lipinski definition) is 9. The zero-order valence-electron chi connectivity index (χ0n) is 20.1. The predicted molar refractivity (Wildman–Crippen MR) is 134 cm³/mol. The third-order valence-corrected chi connectivity index (χ3v) is 5.57. The van der Waals surface area contributed by atoms with Crippen molar-refractivity contribution in [3.63, 3.8) is 0 Å². The molecule has 0 radical (unpaired) electrons. The topological polar surface area (TPSA) is 261 Å². The summed E-state index contributed by atoms with van der Waals surface area (Å²) in [7, 11) is 0. The molecule has 0 rings (SSSR count). The molecule has 202 valence electrons. The van der Waals surface area contributed by atoms with Gasteiger partial charge in [-0.15, -0.1) is 0 Å². The van der Waals surface area contributed by atoms with E-state index in [-0.39, 0.29) is 31.8 Å². The van der Waals surface area contributed by atoms with E-state index in [9.17, 15) is 29.4 Å². The van der Waals surface area contributed by atoms with E-state index >= 15 is 0 Å². The van der Waals surface area contributed by atoms with Gasteiger partial charge in [-0.25, -0.2) is 4.79 Å². The monoisotopic (exact) mass is 520 g/mol. The summed E-state index contributed by atoms with van der Waals surface area (Å²) in [6.45, 7) is -0.170. The molecule has 0 spiro atoms. The van der Waals surface area contributed by atoms with Crippen LogP contribution in [-0.4, -0.2) is 95.7 Å². The molecule has 14 nitrogen and oxygen atoms in total. The van der Waals surface area contributed by atoms with Crippen LogP contribution < -0.4 is 38.9 Å². The quantitative estimate of drug-likeness (QED) is 0.0464.